The average molecular weight is 368 g/mol. The Morgan fingerprint density at radius 2 is 2.04 bits per heavy atom. The van der Waals surface area contributed by atoms with Crippen LogP contribution in [0.3, 0.4) is 0 Å². The van der Waals surface area contributed by atoms with E-state index in [4.69, 9.17) is 0 Å². The number of nitrogens with zero attached hydrogens (tertiary/aromatic N) is 1. The molecule has 148 valence electrons. The van der Waals surface area contributed by atoms with Crippen molar-refractivity contribution < 1.29 is 19.6 Å². The molecule has 26 heavy (non-hydrogen) atoms. The number of carbonyl (C=O) groups is 2. The molecule has 2 heterocycles. The SMILES string of the molecule is CC(=O)NC1(C(=O)NC(C)(C)C)CN2CCNC[C@H]2C1CCCB(O)O. The molecule has 9 heteroatoms. The predicted molar refractivity (Wildman–Crippen MR) is 100 cm³/mol. The molecule has 2 fully saturated rings. The van der Waals surface area contributed by atoms with Crippen molar-refractivity contribution in [2.45, 2.75) is 64.0 Å². The first kappa shape index (κ1) is 21.1. The van der Waals surface area contributed by atoms with Crippen LogP contribution in [0.4, 0.5) is 0 Å². The number of fused-ring (bicyclic) bond motifs is 1. The molecule has 8 nitrogen and oxygen atoms in total. The van der Waals surface area contributed by atoms with E-state index in [1.165, 1.54) is 6.92 Å². The summed E-state index contributed by atoms with van der Waals surface area (Å²) in [5.74, 6) is -0.487. The van der Waals surface area contributed by atoms with E-state index in [-0.39, 0.29) is 30.1 Å². The molecule has 5 N–H and O–H groups in total. The van der Waals surface area contributed by atoms with E-state index >= 15 is 0 Å². The maximum atomic E-state index is 13.3. The Hall–Kier alpha value is -1.16. The van der Waals surface area contributed by atoms with Gasteiger partial charge >= 0.3 is 7.12 Å². The Kier molecular flexibility index (Phi) is 6.71. The summed E-state index contributed by atoms with van der Waals surface area (Å²) in [4.78, 5) is 27.6. The molecule has 0 aromatic rings. The molecule has 2 aliphatic rings. The van der Waals surface area contributed by atoms with Crippen LogP contribution < -0.4 is 16.0 Å². The molecule has 3 atom stereocenters. The third-order valence-corrected chi connectivity index (χ3v) is 5.22. The second-order valence-electron chi connectivity index (χ2n) is 8.62. The lowest BCUT2D eigenvalue weighted by molar-refractivity contribution is -0.135. The van der Waals surface area contributed by atoms with Gasteiger partial charge in [-0.25, -0.2) is 0 Å². The van der Waals surface area contributed by atoms with Crippen molar-refractivity contribution in [3.8, 4) is 0 Å². The Balaban J connectivity index is 2.32. The van der Waals surface area contributed by atoms with Crippen LogP contribution in [-0.4, -0.2) is 77.2 Å². The van der Waals surface area contributed by atoms with Crippen molar-refractivity contribution in [2.75, 3.05) is 26.2 Å². The second-order valence-corrected chi connectivity index (χ2v) is 8.62. The van der Waals surface area contributed by atoms with Gasteiger partial charge in [-0.1, -0.05) is 6.42 Å². The van der Waals surface area contributed by atoms with Crippen molar-refractivity contribution in [1.82, 2.24) is 20.9 Å². The van der Waals surface area contributed by atoms with E-state index in [1.54, 1.807) is 0 Å². The number of carbonyl (C=O) groups excluding carboxylic acids is 2. The highest BCUT2D eigenvalue weighted by Crippen LogP contribution is 2.38. The van der Waals surface area contributed by atoms with Crippen LogP contribution in [0.25, 0.3) is 0 Å². The molecule has 0 radical (unpaired) electrons. The lowest BCUT2D eigenvalue weighted by Crippen LogP contribution is -2.66. The van der Waals surface area contributed by atoms with Gasteiger partial charge in [-0.15, -0.1) is 0 Å². The van der Waals surface area contributed by atoms with Crippen molar-refractivity contribution in [3.63, 3.8) is 0 Å². The highest BCUT2D eigenvalue weighted by Gasteiger charge is 2.57. The molecular weight excluding hydrogens is 335 g/mol. The summed E-state index contributed by atoms with van der Waals surface area (Å²) in [6, 6.07) is 0.136. The van der Waals surface area contributed by atoms with Crippen LogP contribution in [-0.2, 0) is 9.59 Å². The zero-order valence-corrected chi connectivity index (χ0v) is 16.3. The van der Waals surface area contributed by atoms with Gasteiger partial charge in [0, 0.05) is 50.6 Å². The summed E-state index contributed by atoms with van der Waals surface area (Å²) in [5, 5.41) is 27.8. The highest BCUT2D eigenvalue weighted by atomic mass is 16.4. The fraction of sp³-hybridized carbons (Fsp3) is 0.882. The first-order valence-electron chi connectivity index (χ1n) is 9.47. The summed E-state index contributed by atoms with van der Waals surface area (Å²) in [7, 11) is -1.35. The van der Waals surface area contributed by atoms with Crippen LogP contribution in [0, 0.1) is 5.92 Å². The average Bonchev–Trinajstić information content (AvgIpc) is 2.79. The van der Waals surface area contributed by atoms with Gasteiger partial charge in [0.15, 0.2) is 0 Å². The normalized spacial score (nSPS) is 29.2. The van der Waals surface area contributed by atoms with Gasteiger partial charge in [0.05, 0.1) is 0 Å². The van der Waals surface area contributed by atoms with Crippen LogP contribution in [0.1, 0.15) is 40.5 Å². The minimum atomic E-state index is -1.35. The summed E-state index contributed by atoms with van der Waals surface area (Å²) < 4.78 is 0. The lowest BCUT2D eigenvalue weighted by Gasteiger charge is -2.38. The molecule has 0 bridgehead atoms. The second kappa shape index (κ2) is 8.25. The van der Waals surface area contributed by atoms with Crippen molar-refractivity contribution >= 4 is 18.9 Å². The van der Waals surface area contributed by atoms with Crippen LogP contribution in [0.5, 0.6) is 0 Å². The molecule has 2 rings (SSSR count). The lowest BCUT2D eigenvalue weighted by atomic mass is 9.75. The minimum absolute atomic E-state index is 0.0969. The largest absolute Gasteiger partial charge is 0.451 e. The van der Waals surface area contributed by atoms with E-state index < -0.39 is 18.2 Å². The van der Waals surface area contributed by atoms with Crippen molar-refractivity contribution in [2.24, 2.45) is 5.92 Å². The molecule has 2 unspecified atom stereocenters. The first-order valence-corrected chi connectivity index (χ1v) is 9.47. The fourth-order valence-electron chi connectivity index (χ4n) is 4.28. The van der Waals surface area contributed by atoms with Crippen LogP contribution in [0.15, 0.2) is 0 Å². The number of nitrogens with one attached hydrogen (secondary N) is 3. The van der Waals surface area contributed by atoms with Crippen LogP contribution in [0.2, 0.25) is 6.32 Å². The van der Waals surface area contributed by atoms with Gasteiger partial charge in [0.1, 0.15) is 5.54 Å². The summed E-state index contributed by atoms with van der Waals surface area (Å²) >= 11 is 0. The third kappa shape index (κ3) is 4.97. The monoisotopic (exact) mass is 368 g/mol. The van der Waals surface area contributed by atoms with E-state index in [9.17, 15) is 19.6 Å². The Morgan fingerprint density at radius 3 is 2.62 bits per heavy atom. The van der Waals surface area contributed by atoms with Crippen LogP contribution >= 0.6 is 0 Å². The van der Waals surface area contributed by atoms with Gasteiger partial charge in [0.2, 0.25) is 11.8 Å². The highest BCUT2D eigenvalue weighted by molar-refractivity contribution is 6.40. The van der Waals surface area contributed by atoms with Gasteiger partial charge in [-0.05, 0) is 33.5 Å². The summed E-state index contributed by atoms with van der Waals surface area (Å²) in [5.41, 5.74) is -1.41. The van der Waals surface area contributed by atoms with E-state index in [2.05, 4.69) is 20.9 Å². The van der Waals surface area contributed by atoms with Gasteiger partial charge in [-0.3, -0.25) is 14.5 Å². The van der Waals surface area contributed by atoms with Gasteiger partial charge in [0.25, 0.3) is 0 Å². The van der Waals surface area contributed by atoms with E-state index in [0.29, 0.717) is 19.4 Å². The molecule has 2 aliphatic heterocycles. The standard InChI is InChI=1S/C17H33BN4O4/c1-12(23)20-17(15(24)21-16(2,3)4)11-22-9-8-19-10-14(22)13(17)6-5-7-18(25)26/h13-14,19,25-26H,5-11H2,1-4H3,(H,20,23)(H,21,24)/t13?,14-,17?/m0/s1. The molecule has 0 saturated carbocycles. The molecule has 0 aliphatic carbocycles. The smallest absolute Gasteiger partial charge is 0.427 e. The van der Waals surface area contributed by atoms with E-state index in [1.807, 2.05) is 20.8 Å². The Bertz CT molecular complexity index is 525. The predicted octanol–water partition coefficient (Wildman–Crippen LogP) is -1.07. The minimum Gasteiger partial charge on any atom is -0.427 e. The quantitative estimate of drug-likeness (QED) is 0.382. The molecule has 0 aromatic carbocycles. The van der Waals surface area contributed by atoms with Crippen molar-refractivity contribution in [3.05, 3.63) is 0 Å². The zero-order valence-electron chi connectivity index (χ0n) is 16.3. The topological polar surface area (TPSA) is 114 Å². The van der Waals surface area contributed by atoms with Gasteiger partial charge in [-0.2, -0.15) is 0 Å². The summed E-state index contributed by atoms with van der Waals surface area (Å²) in [6.45, 7) is 10.1. The first-order chi connectivity index (χ1) is 12.0. The Morgan fingerprint density at radius 1 is 1.35 bits per heavy atom. The zero-order chi connectivity index (χ0) is 19.5. The molecular formula is C17H33BN4O4. The Labute approximate surface area is 156 Å². The summed E-state index contributed by atoms with van der Waals surface area (Å²) in [6.07, 6.45) is 1.48. The number of hydrogen-bond donors (Lipinski definition) is 5. The number of piperazine rings is 1. The van der Waals surface area contributed by atoms with Gasteiger partial charge < -0.3 is 26.0 Å². The maximum absolute atomic E-state index is 13.3. The molecule has 2 amide bonds. The van der Waals surface area contributed by atoms with E-state index in [0.717, 1.165) is 19.6 Å². The molecule has 0 aromatic heterocycles. The molecule has 0 spiro atoms. The van der Waals surface area contributed by atoms with Crippen molar-refractivity contribution in [1.29, 1.82) is 0 Å². The number of hydrogen-bond acceptors (Lipinski definition) is 6. The number of rotatable bonds is 6. The maximum Gasteiger partial charge on any atom is 0.451 e. The number of amides is 2. The third-order valence-electron chi connectivity index (χ3n) is 5.22. The molecule has 2 saturated heterocycles. The fourth-order valence-corrected chi connectivity index (χ4v) is 4.28.